The number of aliphatic hydroxyl groups is 1. The second kappa shape index (κ2) is 2.96. The molecule has 0 spiro atoms. The Kier molecular flexibility index (Phi) is 2.20. The van der Waals surface area contributed by atoms with Gasteiger partial charge < -0.3 is 10.4 Å². The molecule has 0 aromatic heterocycles. The predicted molar refractivity (Wildman–Crippen MR) is 58.2 cm³/mol. The molecule has 0 saturated heterocycles. The molecule has 0 amide bonds. The predicted octanol–water partition coefficient (Wildman–Crippen LogP) is 2.07. The zero-order chi connectivity index (χ0) is 10.4. The molecule has 0 heterocycles. The van der Waals surface area contributed by atoms with Crippen LogP contribution in [-0.4, -0.2) is 22.8 Å². The number of hydrogen-bond acceptors (Lipinski definition) is 2. The Morgan fingerprint density at radius 3 is 2.14 bits per heavy atom. The molecule has 0 aromatic carbocycles. The lowest BCUT2D eigenvalue weighted by Gasteiger charge is -2.38. The van der Waals surface area contributed by atoms with Gasteiger partial charge in [-0.2, -0.15) is 0 Å². The minimum absolute atomic E-state index is 0.0569. The fraction of sp³-hybridized carbons (Fsp3) is 1.00. The summed E-state index contributed by atoms with van der Waals surface area (Å²) < 4.78 is 0. The van der Waals surface area contributed by atoms with Gasteiger partial charge in [-0.3, -0.25) is 0 Å². The van der Waals surface area contributed by atoms with E-state index in [0.29, 0.717) is 5.41 Å². The Balaban J connectivity index is 1.94. The minimum atomic E-state index is -0.516. The van der Waals surface area contributed by atoms with E-state index in [2.05, 4.69) is 19.2 Å². The molecule has 82 valence electrons. The van der Waals surface area contributed by atoms with E-state index in [1.165, 1.54) is 12.8 Å². The van der Waals surface area contributed by atoms with Crippen LogP contribution in [0.4, 0.5) is 0 Å². The van der Waals surface area contributed by atoms with Gasteiger partial charge in [-0.15, -0.1) is 0 Å². The van der Waals surface area contributed by atoms with Crippen molar-refractivity contribution in [2.75, 3.05) is 6.54 Å². The minimum Gasteiger partial charge on any atom is -0.388 e. The molecule has 2 unspecified atom stereocenters. The SMILES string of the molecule is CC1(CNC2(C)CCCC2(C)O)CC1. The monoisotopic (exact) mass is 197 g/mol. The first-order valence-corrected chi connectivity index (χ1v) is 5.84. The van der Waals surface area contributed by atoms with E-state index in [1.807, 2.05) is 6.92 Å². The van der Waals surface area contributed by atoms with Crippen molar-refractivity contribution in [2.24, 2.45) is 5.41 Å². The quantitative estimate of drug-likeness (QED) is 0.726. The molecule has 2 saturated carbocycles. The van der Waals surface area contributed by atoms with Gasteiger partial charge in [0.15, 0.2) is 0 Å². The second-order valence-electron chi connectivity index (χ2n) is 6.12. The Morgan fingerprint density at radius 1 is 1.07 bits per heavy atom. The van der Waals surface area contributed by atoms with Gasteiger partial charge in [0.25, 0.3) is 0 Å². The van der Waals surface area contributed by atoms with Gasteiger partial charge in [-0.05, 0) is 51.4 Å². The summed E-state index contributed by atoms with van der Waals surface area (Å²) >= 11 is 0. The molecule has 0 aromatic rings. The highest BCUT2D eigenvalue weighted by molar-refractivity contribution is 5.06. The van der Waals surface area contributed by atoms with Crippen LogP contribution in [0.2, 0.25) is 0 Å². The average Bonchev–Trinajstić information content (AvgIpc) is 2.74. The summed E-state index contributed by atoms with van der Waals surface area (Å²) in [6.07, 6.45) is 5.88. The van der Waals surface area contributed by atoms with Crippen molar-refractivity contribution in [3.8, 4) is 0 Å². The van der Waals surface area contributed by atoms with Crippen molar-refractivity contribution in [2.45, 2.75) is 64.0 Å². The summed E-state index contributed by atoms with van der Waals surface area (Å²) in [6.45, 7) is 7.54. The van der Waals surface area contributed by atoms with Crippen LogP contribution in [0.5, 0.6) is 0 Å². The third-order valence-corrected chi connectivity index (χ3v) is 4.54. The first-order chi connectivity index (χ1) is 6.37. The summed E-state index contributed by atoms with van der Waals surface area (Å²) in [4.78, 5) is 0. The molecular formula is C12H23NO. The topological polar surface area (TPSA) is 32.3 Å². The summed E-state index contributed by atoms with van der Waals surface area (Å²) in [5, 5.41) is 13.9. The largest absolute Gasteiger partial charge is 0.388 e. The normalized spacial score (nSPS) is 45.4. The van der Waals surface area contributed by atoms with Gasteiger partial charge in [-0.1, -0.05) is 6.92 Å². The van der Waals surface area contributed by atoms with Crippen molar-refractivity contribution in [1.82, 2.24) is 5.32 Å². The summed E-state index contributed by atoms with van der Waals surface area (Å²) in [5.41, 5.74) is -0.0431. The van der Waals surface area contributed by atoms with Gasteiger partial charge in [0, 0.05) is 12.1 Å². The first-order valence-electron chi connectivity index (χ1n) is 5.84. The summed E-state index contributed by atoms with van der Waals surface area (Å²) in [6, 6.07) is 0. The lowest BCUT2D eigenvalue weighted by Crippen LogP contribution is -2.56. The summed E-state index contributed by atoms with van der Waals surface area (Å²) in [7, 11) is 0. The summed E-state index contributed by atoms with van der Waals surface area (Å²) in [5.74, 6) is 0. The van der Waals surface area contributed by atoms with Crippen LogP contribution < -0.4 is 5.32 Å². The Hall–Kier alpha value is -0.0800. The van der Waals surface area contributed by atoms with E-state index >= 15 is 0 Å². The van der Waals surface area contributed by atoms with Crippen LogP contribution >= 0.6 is 0 Å². The highest BCUT2D eigenvalue weighted by atomic mass is 16.3. The molecule has 2 aliphatic rings. The molecule has 2 aliphatic carbocycles. The van der Waals surface area contributed by atoms with Crippen molar-refractivity contribution in [1.29, 1.82) is 0 Å². The molecule has 2 N–H and O–H groups in total. The van der Waals surface area contributed by atoms with E-state index in [1.54, 1.807) is 0 Å². The fourth-order valence-electron chi connectivity index (χ4n) is 2.41. The average molecular weight is 197 g/mol. The van der Waals surface area contributed by atoms with E-state index in [0.717, 1.165) is 25.8 Å². The maximum Gasteiger partial charge on any atom is 0.0797 e. The van der Waals surface area contributed by atoms with Crippen molar-refractivity contribution >= 4 is 0 Å². The maximum atomic E-state index is 10.3. The van der Waals surface area contributed by atoms with Crippen LogP contribution in [0.1, 0.15) is 52.9 Å². The highest BCUT2D eigenvalue weighted by Gasteiger charge is 2.48. The van der Waals surface area contributed by atoms with Gasteiger partial charge in [-0.25, -0.2) is 0 Å². The van der Waals surface area contributed by atoms with Crippen LogP contribution in [0, 0.1) is 5.41 Å². The molecule has 2 heteroatoms. The maximum absolute atomic E-state index is 10.3. The van der Waals surface area contributed by atoms with Crippen molar-refractivity contribution in [3.63, 3.8) is 0 Å². The highest BCUT2D eigenvalue weighted by Crippen LogP contribution is 2.46. The smallest absolute Gasteiger partial charge is 0.0797 e. The zero-order valence-electron chi connectivity index (χ0n) is 9.69. The van der Waals surface area contributed by atoms with E-state index < -0.39 is 5.60 Å². The molecular weight excluding hydrogens is 174 g/mol. The van der Waals surface area contributed by atoms with Crippen LogP contribution in [0.25, 0.3) is 0 Å². The van der Waals surface area contributed by atoms with E-state index in [4.69, 9.17) is 0 Å². The van der Waals surface area contributed by atoms with Crippen molar-refractivity contribution in [3.05, 3.63) is 0 Å². The van der Waals surface area contributed by atoms with Crippen LogP contribution in [0.15, 0.2) is 0 Å². The van der Waals surface area contributed by atoms with Gasteiger partial charge in [0.05, 0.1) is 5.60 Å². The van der Waals surface area contributed by atoms with Crippen molar-refractivity contribution < 1.29 is 5.11 Å². The zero-order valence-corrected chi connectivity index (χ0v) is 9.69. The molecule has 2 rings (SSSR count). The third-order valence-electron chi connectivity index (χ3n) is 4.54. The first kappa shape index (κ1) is 10.4. The molecule has 0 radical (unpaired) electrons. The van der Waals surface area contributed by atoms with Gasteiger partial charge in [0.1, 0.15) is 0 Å². The van der Waals surface area contributed by atoms with Crippen LogP contribution in [0.3, 0.4) is 0 Å². The van der Waals surface area contributed by atoms with Crippen LogP contribution in [-0.2, 0) is 0 Å². The molecule has 2 fully saturated rings. The third kappa shape index (κ3) is 1.70. The second-order valence-corrected chi connectivity index (χ2v) is 6.12. The van der Waals surface area contributed by atoms with E-state index in [9.17, 15) is 5.11 Å². The van der Waals surface area contributed by atoms with Gasteiger partial charge >= 0.3 is 0 Å². The molecule has 0 aliphatic heterocycles. The molecule has 2 atom stereocenters. The molecule has 2 nitrogen and oxygen atoms in total. The fourth-order valence-corrected chi connectivity index (χ4v) is 2.41. The van der Waals surface area contributed by atoms with Gasteiger partial charge in [0.2, 0.25) is 0 Å². The standard InChI is InChI=1S/C12H23NO/c1-10(7-8-10)9-13-11(2)5-4-6-12(11,3)14/h13-14H,4-9H2,1-3H3. The Labute approximate surface area is 87.1 Å². The Bertz CT molecular complexity index is 232. The molecule has 14 heavy (non-hydrogen) atoms. The number of nitrogens with one attached hydrogen (secondary N) is 1. The lowest BCUT2D eigenvalue weighted by atomic mass is 9.85. The number of hydrogen-bond donors (Lipinski definition) is 2. The Morgan fingerprint density at radius 2 is 1.71 bits per heavy atom. The van der Waals surface area contributed by atoms with E-state index in [-0.39, 0.29) is 5.54 Å². The number of rotatable bonds is 3. The molecule has 0 bridgehead atoms. The lowest BCUT2D eigenvalue weighted by molar-refractivity contribution is -0.00813.